The van der Waals surface area contributed by atoms with Crippen LogP contribution < -0.4 is 0 Å². The predicted octanol–water partition coefficient (Wildman–Crippen LogP) is 3.24. The van der Waals surface area contributed by atoms with Crippen LogP contribution in [-0.4, -0.2) is 43.5 Å². The third kappa shape index (κ3) is 3.85. The number of ether oxygens (including phenoxy) is 2. The van der Waals surface area contributed by atoms with Gasteiger partial charge < -0.3 is 14.4 Å². The zero-order chi connectivity index (χ0) is 14.5. The predicted molar refractivity (Wildman–Crippen MR) is 84.3 cm³/mol. The molecule has 1 aromatic carbocycles. The van der Waals surface area contributed by atoms with E-state index in [-0.39, 0.29) is 5.79 Å². The Kier molecular flexibility index (Phi) is 4.94. The van der Waals surface area contributed by atoms with Crippen LogP contribution >= 0.6 is 0 Å². The van der Waals surface area contributed by atoms with Crippen LogP contribution in [0.25, 0.3) is 0 Å². The molecular weight excluding hydrogens is 262 g/mol. The molecule has 21 heavy (non-hydrogen) atoms. The summed E-state index contributed by atoms with van der Waals surface area (Å²) in [7, 11) is 2.27. The highest BCUT2D eigenvalue weighted by atomic mass is 16.7. The van der Waals surface area contributed by atoms with Crippen LogP contribution in [0.1, 0.15) is 37.7 Å². The third-order valence-electron chi connectivity index (χ3n) is 4.97. The molecule has 1 spiro atoms. The van der Waals surface area contributed by atoms with E-state index >= 15 is 0 Å². The number of hydrogen-bond donors (Lipinski definition) is 0. The second-order valence-electron chi connectivity index (χ2n) is 6.41. The molecule has 0 unspecified atom stereocenters. The molecule has 1 saturated carbocycles. The molecule has 1 aliphatic heterocycles. The van der Waals surface area contributed by atoms with Gasteiger partial charge in [0.05, 0.1) is 13.2 Å². The van der Waals surface area contributed by atoms with Crippen LogP contribution in [-0.2, 0) is 15.9 Å². The zero-order valence-electron chi connectivity index (χ0n) is 13.1. The van der Waals surface area contributed by atoms with Gasteiger partial charge in [-0.3, -0.25) is 0 Å². The monoisotopic (exact) mass is 289 g/mol. The fourth-order valence-corrected chi connectivity index (χ4v) is 3.63. The van der Waals surface area contributed by atoms with E-state index < -0.39 is 0 Å². The van der Waals surface area contributed by atoms with Crippen molar-refractivity contribution in [2.24, 2.45) is 0 Å². The highest BCUT2D eigenvalue weighted by Gasteiger charge is 2.40. The fraction of sp³-hybridized carbons (Fsp3) is 0.667. The Morgan fingerprint density at radius 3 is 2.43 bits per heavy atom. The Labute approximate surface area is 128 Å². The third-order valence-corrected chi connectivity index (χ3v) is 4.97. The second-order valence-corrected chi connectivity index (χ2v) is 6.41. The first-order chi connectivity index (χ1) is 10.3. The highest BCUT2D eigenvalue weighted by Crippen LogP contribution is 2.37. The summed E-state index contributed by atoms with van der Waals surface area (Å²) in [6, 6.07) is 11.5. The Bertz CT molecular complexity index is 418. The van der Waals surface area contributed by atoms with Crippen molar-refractivity contribution in [1.29, 1.82) is 0 Å². The summed E-state index contributed by atoms with van der Waals surface area (Å²) in [6.07, 6.45) is 6.91. The van der Waals surface area contributed by atoms with Gasteiger partial charge in [0.1, 0.15) is 0 Å². The molecule has 0 bridgehead atoms. The fourth-order valence-electron chi connectivity index (χ4n) is 3.63. The first-order valence-corrected chi connectivity index (χ1v) is 8.30. The van der Waals surface area contributed by atoms with E-state index in [2.05, 4.69) is 42.3 Å². The Morgan fingerprint density at radius 1 is 1.10 bits per heavy atom. The van der Waals surface area contributed by atoms with Crippen molar-refractivity contribution in [2.45, 2.75) is 50.4 Å². The van der Waals surface area contributed by atoms with Crippen LogP contribution in [0.15, 0.2) is 30.3 Å². The molecule has 1 aromatic rings. The van der Waals surface area contributed by atoms with Gasteiger partial charge in [-0.25, -0.2) is 0 Å². The van der Waals surface area contributed by atoms with Gasteiger partial charge >= 0.3 is 0 Å². The number of aryl methyl sites for hydroxylation is 1. The Balaban J connectivity index is 1.39. The summed E-state index contributed by atoms with van der Waals surface area (Å²) in [4.78, 5) is 2.53. The molecule has 0 aromatic heterocycles. The maximum absolute atomic E-state index is 5.81. The van der Waals surface area contributed by atoms with Crippen molar-refractivity contribution in [3.63, 3.8) is 0 Å². The largest absolute Gasteiger partial charge is 0.348 e. The van der Waals surface area contributed by atoms with E-state index in [9.17, 15) is 0 Å². The average molecular weight is 289 g/mol. The van der Waals surface area contributed by atoms with Gasteiger partial charge in [0.2, 0.25) is 0 Å². The molecule has 116 valence electrons. The van der Waals surface area contributed by atoms with Crippen LogP contribution in [0, 0.1) is 0 Å². The van der Waals surface area contributed by atoms with Crippen molar-refractivity contribution in [1.82, 2.24) is 4.90 Å². The minimum absolute atomic E-state index is 0.221. The van der Waals surface area contributed by atoms with E-state index in [1.54, 1.807) is 0 Å². The summed E-state index contributed by atoms with van der Waals surface area (Å²) in [6.45, 7) is 2.73. The number of rotatable bonds is 5. The topological polar surface area (TPSA) is 21.7 Å². The Hall–Kier alpha value is -0.900. The first-order valence-electron chi connectivity index (χ1n) is 8.30. The molecule has 3 heteroatoms. The lowest BCUT2D eigenvalue weighted by Gasteiger charge is -2.39. The Morgan fingerprint density at radius 2 is 1.76 bits per heavy atom. The summed E-state index contributed by atoms with van der Waals surface area (Å²) >= 11 is 0. The first kappa shape index (κ1) is 15.0. The van der Waals surface area contributed by atoms with Gasteiger partial charge in [0.15, 0.2) is 5.79 Å². The van der Waals surface area contributed by atoms with E-state index in [4.69, 9.17) is 9.47 Å². The summed E-state index contributed by atoms with van der Waals surface area (Å²) in [5.41, 5.74) is 1.45. The molecule has 3 rings (SSSR count). The van der Waals surface area contributed by atoms with Gasteiger partial charge in [-0.2, -0.15) is 0 Å². The molecule has 3 nitrogen and oxygen atoms in total. The minimum Gasteiger partial charge on any atom is -0.348 e. The lowest BCUT2D eigenvalue weighted by Crippen LogP contribution is -2.43. The van der Waals surface area contributed by atoms with E-state index in [1.165, 1.54) is 37.8 Å². The average Bonchev–Trinajstić information content (AvgIpc) is 2.97. The molecule has 2 fully saturated rings. The summed E-state index contributed by atoms with van der Waals surface area (Å²) < 4.78 is 11.6. The smallest absolute Gasteiger partial charge is 0.168 e. The minimum atomic E-state index is -0.221. The lowest BCUT2D eigenvalue weighted by molar-refractivity contribution is -0.183. The summed E-state index contributed by atoms with van der Waals surface area (Å²) in [5, 5.41) is 0. The molecule has 1 aliphatic carbocycles. The lowest BCUT2D eigenvalue weighted by atomic mass is 9.89. The standard InChI is InChI=1S/C18H27NO2/c1-19(13-5-8-16-6-3-2-4-7-16)17-9-11-18(12-10-17)20-14-15-21-18/h2-4,6-7,17H,5,8-15H2,1H3. The van der Waals surface area contributed by atoms with Crippen molar-refractivity contribution in [3.05, 3.63) is 35.9 Å². The maximum atomic E-state index is 5.81. The molecule has 0 amide bonds. The molecule has 1 heterocycles. The van der Waals surface area contributed by atoms with Gasteiger partial charge in [0.25, 0.3) is 0 Å². The van der Waals surface area contributed by atoms with Gasteiger partial charge in [-0.15, -0.1) is 0 Å². The zero-order valence-corrected chi connectivity index (χ0v) is 13.1. The summed E-state index contributed by atoms with van der Waals surface area (Å²) in [5.74, 6) is -0.221. The molecule has 1 saturated heterocycles. The second kappa shape index (κ2) is 6.91. The number of benzene rings is 1. The van der Waals surface area contributed by atoms with Crippen molar-refractivity contribution in [2.75, 3.05) is 26.8 Å². The van der Waals surface area contributed by atoms with Crippen LogP contribution in [0.3, 0.4) is 0 Å². The normalized spacial score (nSPS) is 22.2. The molecular formula is C18H27NO2. The van der Waals surface area contributed by atoms with Crippen LogP contribution in [0.4, 0.5) is 0 Å². The van der Waals surface area contributed by atoms with E-state index in [0.29, 0.717) is 6.04 Å². The molecule has 0 N–H and O–H groups in total. The van der Waals surface area contributed by atoms with Gasteiger partial charge in [-0.05, 0) is 44.8 Å². The maximum Gasteiger partial charge on any atom is 0.168 e. The van der Waals surface area contributed by atoms with Crippen molar-refractivity contribution in [3.8, 4) is 0 Å². The molecule has 0 atom stereocenters. The van der Waals surface area contributed by atoms with Crippen molar-refractivity contribution >= 4 is 0 Å². The molecule has 0 radical (unpaired) electrons. The van der Waals surface area contributed by atoms with Crippen LogP contribution in [0.5, 0.6) is 0 Å². The van der Waals surface area contributed by atoms with Crippen LogP contribution in [0.2, 0.25) is 0 Å². The quantitative estimate of drug-likeness (QED) is 0.830. The highest BCUT2D eigenvalue weighted by molar-refractivity contribution is 5.14. The SMILES string of the molecule is CN(CCCc1ccccc1)C1CCC2(CC1)OCCO2. The van der Waals surface area contributed by atoms with E-state index in [1.807, 2.05) is 0 Å². The van der Waals surface area contributed by atoms with Crippen molar-refractivity contribution < 1.29 is 9.47 Å². The van der Waals surface area contributed by atoms with Gasteiger partial charge in [-0.1, -0.05) is 30.3 Å². The molecule has 2 aliphatic rings. The number of hydrogen-bond acceptors (Lipinski definition) is 3. The van der Waals surface area contributed by atoms with E-state index in [0.717, 1.165) is 26.1 Å². The van der Waals surface area contributed by atoms with Gasteiger partial charge in [0, 0.05) is 18.9 Å². The number of nitrogens with zero attached hydrogens (tertiary/aromatic N) is 1.